The molecule has 4 heteroatoms. The smallest absolute Gasteiger partial charge is 0.0772 e. The lowest BCUT2D eigenvalue weighted by atomic mass is 10.2. The van der Waals surface area contributed by atoms with Gasteiger partial charge in [-0.1, -0.05) is 0 Å². The molecule has 1 aliphatic carbocycles. The van der Waals surface area contributed by atoms with Gasteiger partial charge in [-0.15, -0.1) is 0 Å². The van der Waals surface area contributed by atoms with E-state index < -0.39 is 0 Å². The molecule has 0 bridgehead atoms. The molecule has 1 saturated carbocycles. The van der Waals surface area contributed by atoms with Crippen LogP contribution in [0.15, 0.2) is 18.2 Å². The summed E-state index contributed by atoms with van der Waals surface area (Å²) in [7, 11) is 1.79. The zero-order valence-corrected chi connectivity index (χ0v) is 11.5. The second-order valence-corrected chi connectivity index (χ2v) is 5.36. The molecule has 0 aromatic heterocycles. The van der Waals surface area contributed by atoms with Crippen molar-refractivity contribution in [3.8, 4) is 0 Å². The molecule has 2 rings (SSSR count). The number of nitrogen functional groups attached to an aromatic ring is 1. The lowest BCUT2D eigenvalue weighted by Gasteiger charge is -2.21. The first kappa shape index (κ1) is 12.0. The van der Waals surface area contributed by atoms with Gasteiger partial charge in [0.15, 0.2) is 0 Å². The van der Waals surface area contributed by atoms with E-state index in [1.807, 2.05) is 18.2 Å². The summed E-state index contributed by atoms with van der Waals surface area (Å²) in [6.45, 7) is 0. The van der Waals surface area contributed by atoms with E-state index >= 15 is 0 Å². The van der Waals surface area contributed by atoms with E-state index in [-0.39, 0.29) is 0 Å². The number of methoxy groups -OCH3 is 1. The number of nitrogens with one attached hydrogen (secondary N) is 1. The lowest BCUT2D eigenvalue weighted by molar-refractivity contribution is 0.101. The van der Waals surface area contributed by atoms with Gasteiger partial charge in [0, 0.05) is 22.1 Å². The molecule has 0 aliphatic heterocycles. The molecular weight excluding hydrogens is 315 g/mol. The molecule has 0 radical (unpaired) electrons. The normalized spacial score (nSPS) is 24.6. The van der Waals surface area contributed by atoms with Crippen LogP contribution in [-0.2, 0) is 4.74 Å². The van der Waals surface area contributed by atoms with Crippen molar-refractivity contribution in [2.45, 2.75) is 31.4 Å². The monoisotopic (exact) mass is 332 g/mol. The standard InChI is InChI=1S/C12H17IN2O/c1-16-12-4-2-3-11(12)15-10-6-5-8(14)7-9(10)13/h5-7,11-12,15H,2-4,14H2,1H3. The Morgan fingerprint density at radius 2 is 2.25 bits per heavy atom. The number of hydrogen-bond acceptors (Lipinski definition) is 3. The predicted molar refractivity (Wildman–Crippen MR) is 75.6 cm³/mol. The van der Waals surface area contributed by atoms with Crippen LogP contribution < -0.4 is 11.1 Å². The molecular formula is C12H17IN2O. The Labute approximate surface area is 110 Å². The maximum absolute atomic E-state index is 5.73. The second kappa shape index (κ2) is 5.23. The lowest BCUT2D eigenvalue weighted by Crippen LogP contribution is -2.30. The third-order valence-electron chi connectivity index (χ3n) is 3.09. The molecule has 3 nitrogen and oxygen atoms in total. The maximum atomic E-state index is 5.73. The summed E-state index contributed by atoms with van der Waals surface area (Å²) < 4.78 is 6.64. The third-order valence-corrected chi connectivity index (χ3v) is 3.98. The number of ether oxygens (including phenoxy) is 1. The summed E-state index contributed by atoms with van der Waals surface area (Å²) in [5, 5.41) is 3.55. The van der Waals surface area contributed by atoms with Gasteiger partial charge in [-0.25, -0.2) is 0 Å². The first-order valence-corrected chi connectivity index (χ1v) is 6.63. The quantitative estimate of drug-likeness (QED) is 0.661. The Balaban J connectivity index is 2.08. The van der Waals surface area contributed by atoms with Crippen LogP contribution in [0.2, 0.25) is 0 Å². The fraction of sp³-hybridized carbons (Fsp3) is 0.500. The van der Waals surface area contributed by atoms with Crippen molar-refractivity contribution in [1.82, 2.24) is 0 Å². The van der Waals surface area contributed by atoms with E-state index in [1.165, 1.54) is 16.4 Å². The van der Waals surface area contributed by atoms with E-state index in [0.29, 0.717) is 12.1 Å². The number of hydrogen-bond donors (Lipinski definition) is 2. The summed E-state index contributed by atoms with van der Waals surface area (Å²) in [5.74, 6) is 0. The average Bonchev–Trinajstić information content (AvgIpc) is 2.69. The van der Waals surface area contributed by atoms with Crippen molar-refractivity contribution in [2.24, 2.45) is 0 Å². The van der Waals surface area contributed by atoms with Crippen LogP contribution >= 0.6 is 22.6 Å². The SMILES string of the molecule is COC1CCCC1Nc1ccc(N)cc1I. The van der Waals surface area contributed by atoms with Crippen molar-refractivity contribution >= 4 is 34.0 Å². The van der Waals surface area contributed by atoms with Gasteiger partial charge >= 0.3 is 0 Å². The zero-order valence-electron chi connectivity index (χ0n) is 9.37. The van der Waals surface area contributed by atoms with Gasteiger partial charge in [0.05, 0.1) is 12.1 Å². The molecule has 0 amide bonds. The number of nitrogens with two attached hydrogens (primary N) is 1. The number of anilines is 2. The van der Waals surface area contributed by atoms with Crippen LogP contribution in [0.4, 0.5) is 11.4 Å². The van der Waals surface area contributed by atoms with Crippen LogP contribution in [-0.4, -0.2) is 19.3 Å². The summed E-state index contributed by atoms with van der Waals surface area (Å²) >= 11 is 2.31. The minimum absolute atomic E-state index is 0.341. The van der Waals surface area contributed by atoms with Crippen molar-refractivity contribution in [2.75, 3.05) is 18.2 Å². The van der Waals surface area contributed by atoms with Crippen LogP contribution in [0.1, 0.15) is 19.3 Å². The van der Waals surface area contributed by atoms with Crippen molar-refractivity contribution in [3.63, 3.8) is 0 Å². The predicted octanol–water partition coefficient (Wildman–Crippen LogP) is 2.85. The molecule has 0 spiro atoms. The fourth-order valence-electron chi connectivity index (χ4n) is 2.22. The zero-order chi connectivity index (χ0) is 11.5. The fourth-order valence-corrected chi connectivity index (χ4v) is 2.92. The molecule has 1 aliphatic rings. The van der Waals surface area contributed by atoms with E-state index in [2.05, 4.69) is 27.9 Å². The highest BCUT2D eigenvalue weighted by atomic mass is 127. The van der Waals surface area contributed by atoms with Gasteiger partial charge in [0.1, 0.15) is 0 Å². The van der Waals surface area contributed by atoms with Gasteiger partial charge in [-0.05, 0) is 60.1 Å². The van der Waals surface area contributed by atoms with E-state index in [1.54, 1.807) is 7.11 Å². The first-order valence-electron chi connectivity index (χ1n) is 5.55. The Morgan fingerprint density at radius 1 is 1.44 bits per heavy atom. The van der Waals surface area contributed by atoms with Crippen LogP contribution in [0.25, 0.3) is 0 Å². The molecule has 2 unspecified atom stereocenters. The average molecular weight is 332 g/mol. The first-order chi connectivity index (χ1) is 7.70. The highest BCUT2D eigenvalue weighted by Gasteiger charge is 2.27. The molecule has 0 saturated heterocycles. The Hall–Kier alpha value is -0.490. The van der Waals surface area contributed by atoms with E-state index in [9.17, 15) is 0 Å². The summed E-state index contributed by atoms with van der Waals surface area (Å²) in [5.41, 5.74) is 7.70. The Kier molecular flexibility index (Phi) is 3.91. The number of benzene rings is 1. The highest BCUT2D eigenvalue weighted by molar-refractivity contribution is 14.1. The minimum Gasteiger partial charge on any atom is -0.399 e. The van der Waals surface area contributed by atoms with Gasteiger partial charge in [0.2, 0.25) is 0 Å². The largest absolute Gasteiger partial charge is 0.399 e. The summed E-state index contributed by atoms with van der Waals surface area (Å²) in [6.07, 6.45) is 3.91. The van der Waals surface area contributed by atoms with Crippen LogP contribution in [0, 0.1) is 3.57 Å². The molecule has 0 heterocycles. The molecule has 3 N–H and O–H groups in total. The maximum Gasteiger partial charge on any atom is 0.0772 e. The van der Waals surface area contributed by atoms with Crippen LogP contribution in [0.3, 0.4) is 0 Å². The molecule has 1 aromatic rings. The van der Waals surface area contributed by atoms with E-state index in [4.69, 9.17) is 10.5 Å². The third kappa shape index (κ3) is 2.60. The minimum atomic E-state index is 0.341. The van der Waals surface area contributed by atoms with E-state index in [0.717, 1.165) is 17.8 Å². The van der Waals surface area contributed by atoms with Gasteiger partial charge < -0.3 is 15.8 Å². The van der Waals surface area contributed by atoms with Crippen molar-refractivity contribution in [1.29, 1.82) is 0 Å². The molecule has 1 fully saturated rings. The van der Waals surface area contributed by atoms with Gasteiger partial charge in [-0.3, -0.25) is 0 Å². The molecule has 88 valence electrons. The molecule has 16 heavy (non-hydrogen) atoms. The molecule has 1 aromatic carbocycles. The number of rotatable bonds is 3. The van der Waals surface area contributed by atoms with Crippen molar-refractivity contribution < 1.29 is 4.74 Å². The number of halogens is 1. The van der Waals surface area contributed by atoms with Gasteiger partial charge in [-0.2, -0.15) is 0 Å². The Bertz CT molecular complexity index is 370. The van der Waals surface area contributed by atoms with Crippen LogP contribution in [0.5, 0.6) is 0 Å². The van der Waals surface area contributed by atoms with Crippen molar-refractivity contribution in [3.05, 3.63) is 21.8 Å². The Morgan fingerprint density at radius 3 is 2.94 bits per heavy atom. The summed E-state index contributed by atoms with van der Waals surface area (Å²) in [6, 6.07) is 6.39. The molecule has 2 atom stereocenters. The second-order valence-electron chi connectivity index (χ2n) is 4.20. The highest BCUT2D eigenvalue weighted by Crippen LogP contribution is 2.28. The van der Waals surface area contributed by atoms with Gasteiger partial charge in [0.25, 0.3) is 0 Å². The summed E-state index contributed by atoms with van der Waals surface area (Å²) in [4.78, 5) is 0. The topological polar surface area (TPSA) is 47.3 Å².